The summed E-state index contributed by atoms with van der Waals surface area (Å²) in [7, 11) is 1.36. The van der Waals surface area contributed by atoms with Gasteiger partial charge in [0.1, 0.15) is 5.60 Å². The van der Waals surface area contributed by atoms with Crippen LogP contribution in [0.25, 0.3) is 0 Å². The van der Waals surface area contributed by atoms with E-state index in [9.17, 15) is 9.59 Å². The second-order valence-corrected chi connectivity index (χ2v) is 8.01. The molecule has 0 aromatic rings. The van der Waals surface area contributed by atoms with Gasteiger partial charge < -0.3 is 9.47 Å². The highest BCUT2D eigenvalue weighted by atomic mass is 16.6. The number of hydrogen-bond acceptors (Lipinski definition) is 4. The molecule has 4 bridgehead atoms. The van der Waals surface area contributed by atoms with Crippen molar-refractivity contribution in [1.29, 1.82) is 0 Å². The Morgan fingerprint density at radius 3 is 1.82 bits per heavy atom. The SMILES string of the molecule is COC(=O)C(C)C(C)C(=O)OC1(C)C2CC3CC(C2)CC1C3. The molecule has 4 nitrogen and oxygen atoms in total. The Balaban J connectivity index is 1.69. The molecular weight excluding hydrogens is 280 g/mol. The molecule has 2 atom stereocenters. The first-order valence-corrected chi connectivity index (χ1v) is 8.65. The fourth-order valence-corrected chi connectivity index (χ4v) is 5.19. The molecule has 0 radical (unpaired) electrons. The van der Waals surface area contributed by atoms with Gasteiger partial charge in [0.15, 0.2) is 0 Å². The van der Waals surface area contributed by atoms with E-state index in [-0.39, 0.29) is 17.5 Å². The summed E-state index contributed by atoms with van der Waals surface area (Å²) in [4.78, 5) is 24.2. The molecule has 2 unspecified atom stereocenters. The molecule has 124 valence electrons. The maximum Gasteiger partial charge on any atom is 0.310 e. The number of ether oxygens (including phenoxy) is 2. The fourth-order valence-electron chi connectivity index (χ4n) is 5.19. The van der Waals surface area contributed by atoms with Gasteiger partial charge in [0.2, 0.25) is 0 Å². The molecule has 4 heteroatoms. The number of rotatable bonds is 4. The monoisotopic (exact) mass is 308 g/mol. The van der Waals surface area contributed by atoms with Gasteiger partial charge in [-0.15, -0.1) is 0 Å². The molecule has 0 aromatic heterocycles. The third kappa shape index (κ3) is 2.44. The molecule has 0 spiro atoms. The molecular formula is C18H28O4. The van der Waals surface area contributed by atoms with Crippen molar-refractivity contribution in [2.75, 3.05) is 7.11 Å². The van der Waals surface area contributed by atoms with E-state index in [0.29, 0.717) is 11.8 Å². The fraction of sp³-hybridized carbons (Fsp3) is 0.889. The molecule has 4 aliphatic carbocycles. The molecule has 4 saturated carbocycles. The van der Waals surface area contributed by atoms with E-state index < -0.39 is 11.8 Å². The van der Waals surface area contributed by atoms with Crippen LogP contribution in [-0.2, 0) is 19.1 Å². The summed E-state index contributed by atoms with van der Waals surface area (Å²) in [6.07, 6.45) is 6.21. The number of esters is 2. The Morgan fingerprint density at radius 1 is 0.909 bits per heavy atom. The van der Waals surface area contributed by atoms with E-state index in [4.69, 9.17) is 9.47 Å². The molecule has 4 fully saturated rings. The highest BCUT2D eigenvalue weighted by molar-refractivity contribution is 5.81. The molecule has 0 amide bonds. The van der Waals surface area contributed by atoms with Gasteiger partial charge >= 0.3 is 11.9 Å². The Labute approximate surface area is 132 Å². The standard InChI is InChI=1S/C18H28O4/c1-10(16(19)21-4)11(2)17(20)22-18(3)14-6-12-5-13(8-14)9-15(18)7-12/h10-15H,5-9H2,1-4H3. The minimum absolute atomic E-state index is 0.243. The summed E-state index contributed by atoms with van der Waals surface area (Å²) in [6.45, 7) is 5.63. The molecule has 0 heterocycles. The van der Waals surface area contributed by atoms with Crippen molar-refractivity contribution >= 4 is 11.9 Å². The maximum absolute atomic E-state index is 12.6. The summed E-state index contributed by atoms with van der Waals surface area (Å²) >= 11 is 0. The number of carbonyl (C=O) groups excluding carboxylic acids is 2. The zero-order chi connectivity index (χ0) is 16.1. The Hall–Kier alpha value is -1.06. The van der Waals surface area contributed by atoms with Crippen molar-refractivity contribution < 1.29 is 19.1 Å². The molecule has 22 heavy (non-hydrogen) atoms. The van der Waals surface area contributed by atoms with Crippen LogP contribution in [0.5, 0.6) is 0 Å². The van der Waals surface area contributed by atoms with E-state index in [0.717, 1.165) is 11.8 Å². The first-order chi connectivity index (χ1) is 10.3. The van der Waals surface area contributed by atoms with Crippen LogP contribution < -0.4 is 0 Å². The second-order valence-electron chi connectivity index (χ2n) is 8.01. The first-order valence-electron chi connectivity index (χ1n) is 8.65. The van der Waals surface area contributed by atoms with Gasteiger partial charge in [-0.2, -0.15) is 0 Å². The Morgan fingerprint density at radius 2 is 1.36 bits per heavy atom. The number of carbonyl (C=O) groups is 2. The minimum Gasteiger partial charge on any atom is -0.469 e. The predicted molar refractivity (Wildman–Crippen MR) is 81.9 cm³/mol. The quantitative estimate of drug-likeness (QED) is 0.748. The predicted octanol–water partition coefficient (Wildman–Crippen LogP) is 3.19. The largest absolute Gasteiger partial charge is 0.469 e. The van der Waals surface area contributed by atoms with Crippen molar-refractivity contribution in [3.05, 3.63) is 0 Å². The van der Waals surface area contributed by atoms with Crippen LogP contribution in [0.15, 0.2) is 0 Å². The van der Waals surface area contributed by atoms with E-state index in [1.54, 1.807) is 13.8 Å². The smallest absolute Gasteiger partial charge is 0.310 e. The van der Waals surface area contributed by atoms with Gasteiger partial charge in [0.05, 0.1) is 18.9 Å². The van der Waals surface area contributed by atoms with E-state index in [2.05, 4.69) is 6.92 Å². The van der Waals surface area contributed by atoms with Crippen molar-refractivity contribution in [2.45, 2.75) is 58.5 Å². The molecule has 0 aliphatic heterocycles. The molecule has 0 aromatic carbocycles. The summed E-state index contributed by atoms with van der Waals surface area (Å²) < 4.78 is 10.8. The highest BCUT2D eigenvalue weighted by Gasteiger charge is 2.57. The minimum atomic E-state index is -0.460. The van der Waals surface area contributed by atoms with Crippen molar-refractivity contribution in [2.24, 2.45) is 35.5 Å². The van der Waals surface area contributed by atoms with Crippen LogP contribution in [0.2, 0.25) is 0 Å². The van der Waals surface area contributed by atoms with Crippen LogP contribution in [0.3, 0.4) is 0 Å². The lowest BCUT2D eigenvalue weighted by Crippen LogP contribution is -2.58. The first kappa shape index (κ1) is 15.8. The van der Waals surface area contributed by atoms with Crippen LogP contribution in [0.1, 0.15) is 52.9 Å². The van der Waals surface area contributed by atoms with Crippen LogP contribution in [-0.4, -0.2) is 24.6 Å². The average Bonchev–Trinajstić information content (AvgIpc) is 2.49. The average molecular weight is 308 g/mol. The van der Waals surface area contributed by atoms with Crippen LogP contribution >= 0.6 is 0 Å². The zero-order valence-corrected chi connectivity index (χ0v) is 14.1. The maximum atomic E-state index is 12.6. The lowest BCUT2D eigenvalue weighted by molar-refractivity contribution is -0.208. The van der Waals surface area contributed by atoms with Crippen molar-refractivity contribution in [3.63, 3.8) is 0 Å². The summed E-state index contributed by atoms with van der Waals surface area (Å²) in [5.74, 6) is 1.20. The number of methoxy groups -OCH3 is 1. The van der Waals surface area contributed by atoms with Crippen molar-refractivity contribution in [1.82, 2.24) is 0 Å². The van der Waals surface area contributed by atoms with Crippen molar-refractivity contribution in [3.8, 4) is 0 Å². The molecule has 0 N–H and O–H groups in total. The number of hydrogen-bond donors (Lipinski definition) is 0. The van der Waals surface area contributed by atoms with E-state index in [1.807, 2.05) is 0 Å². The highest BCUT2D eigenvalue weighted by Crippen LogP contribution is 2.59. The van der Waals surface area contributed by atoms with Crippen LogP contribution in [0.4, 0.5) is 0 Å². The summed E-state index contributed by atoms with van der Waals surface area (Å²) in [5.41, 5.74) is -0.325. The second kappa shape index (κ2) is 5.54. The van der Waals surface area contributed by atoms with Gasteiger partial charge in [-0.1, -0.05) is 13.8 Å². The molecule has 4 aliphatic rings. The van der Waals surface area contributed by atoms with Crippen LogP contribution in [0, 0.1) is 35.5 Å². The third-order valence-electron chi connectivity index (χ3n) is 6.77. The zero-order valence-electron chi connectivity index (χ0n) is 14.1. The van der Waals surface area contributed by atoms with E-state index in [1.165, 1.54) is 39.2 Å². The van der Waals surface area contributed by atoms with Gasteiger partial charge in [-0.05, 0) is 62.7 Å². The summed E-state index contributed by atoms with van der Waals surface area (Å²) in [5, 5.41) is 0. The van der Waals surface area contributed by atoms with Gasteiger partial charge in [0, 0.05) is 0 Å². The lowest BCUT2D eigenvalue weighted by atomic mass is 9.50. The molecule has 4 rings (SSSR count). The third-order valence-corrected chi connectivity index (χ3v) is 6.77. The van der Waals surface area contributed by atoms with Gasteiger partial charge in [-0.3, -0.25) is 9.59 Å². The van der Waals surface area contributed by atoms with E-state index >= 15 is 0 Å². The summed E-state index contributed by atoms with van der Waals surface area (Å²) in [6, 6.07) is 0. The van der Waals surface area contributed by atoms with Gasteiger partial charge in [-0.25, -0.2) is 0 Å². The lowest BCUT2D eigenvalue weighted by Gasteiger charge is -2.59. The normalized spacial score (nSPS) is 41.8. The topological polar surface area (TPSA) is 52.6 Å². The Bertz CT molecular complexity index is 442. The molecule has 0 saturated heterocycles. The Kier molecular flexibility index (Phi) is 3.98. The van der Waals surface area contributed by atoms with Gasteiger partial charge in [0.25, 0.3) is 0 Å².